The second-order valence-corrected chi connectivity index (χ2v) is 12.3. The quantitative estimate of drug-likeness (QED) is 0.109. The molecule has 0 aliphatic heterocycles. The van der Waals surface area contributed by atoms with Crippen LogP contribution in [-0.2, 0) is 6.42 Å². The molecule has 0 amide bonds. The SMILES string of the molecule is Cc1c(O)c(C)c2c3c(C)c(O)c(O)c(O)c3n(-c3ccc(Nc4ccc(-c5cccc6c5-c5ccccc5C6)cc4)cc3)c2c1O. The van der Waals surface area contributed by atoms with Crippen molar-refractivity contribution in [3.05, 3.63) is 119 Å². The predicted molar refractivity (Wildman–Crippen MR) is 187 cm³/mol. The Labute approximate surface area is 270 Å². The average molecular weight is 621 g/mol. The Balaban J connectivity index is 1.17. The number of aromatic nitrogens is 1. The van der Waals surface area contributed by atoms with Gasteiger partial charge < -0.3 is 35.4 Å². The summed E-state index contributed by atoms with van der Waals surface area (Å²) >= 11 is 0. The molecule has 7 nitrogen and oxygen atoms in total. The molecule has 0 fully saturated rings. The Morgan fingerprint density at radius 1 is 0.511 bits per heavy atom. The van der Waals surface area contributed by atoms with Crippen LogP contribution in [0.1, 0.15) is 27.8 Å². The molecular weight excluding hydrogens is 588 g/mol. The van der Waals surface area contributed by atoms with E-state index in [0.29, 0.717) is 33.1 Å². The third kappa shape index (κ3) is 4.06. The zero-order valence-electron chi connectivity index (χ0n) is 26.1. The Bertz CT molecular complexity index is 2350. The third-order valence-electron chi connectivity index (χ3n) is 9.67. The monoisotopic (exact) mass is 620 g/mol. The van der Waals surface area contributed by atoms with Crippen LogP contribution in [-0.4, -0.2) is 30.1 Å². The van der Waals surface area contributed by atoms with Gasteiger partial charge in [0.05, 0.1) is 5.52 Å². The molecule has 0 spiro atoms. The van der Waals surface area contributed by atoms with E-state index in [-0.39, 0.29) is 22.6 Å². The van der Waals surface area contributed by atoms with Crippen molar-refractivity contribution >= 4 is 33.2 Å². The van der Waals surface area contributed by atoms with Crippen LogP contribution in [0.5, 0.6) is 28.7 Å². The second kappa shape index (κ2) is 10.2. The number of nitrogens with zero attached hydrogens (tertiary/aromatic N) is 1. The number of hydrogen-bond acceptors (Lipinski definition) is 6. The van der Waals surface area contributed by atoms with E-state index in [0.717, 1.165) is 23.4 Å². The zero-order chi connectivity index (χ0) is 32.7. The van der Waals surface area contributed by atoms with Crippen molar-refractivity contribution in [2.45, 2.75) is 27.2 Å². The number of phenols is 5. The van der Waals surface area contributed by atoms with Gasteiger partial charge in [-0.15, -0.1) is 0 Å². The zero-order valence-corrected chi connectivity index (χ0v) is 26.1. The van der Waals surface area contributed by atoms with Crippen LogP contribution < -0.4 is 5.32 Å². The van der Waals surface area contributed by atoms with Crippen LogP contribution in [0.25, 0.3) is 49.7 Å². The Morgan fingerprint density at radius 2 is 1.09 bits per heavy atom. The van der Waals surface area contributed by atoms with Crippen LogP contribution in [0.2, 0.25) is 0 Å². The first kappa shape index (κ1) is 28.4. The largest absolute Gasteiger partial charge is 0.507 e. The highest BCUT2D eigenvalue weighted by molar-refractivity contribution is 6.18. The lowest BCUT2D eigenvalue weighted by atomic mass is 9.94. The predicted octanol–water partition coefficient (Wildman–Crippen LogP) is 9.22. The lowest BCUT2D eigenvalue weighted by Crippen LogP contribution is -1.97. The number of phenolic OH excluding ortho intramolecular Hbond substituents is 5. The minimum Gasteiger partial charge on any atom is -0.507 e. The van der Waals surface area contributed by atoms with Crippen molar-refractivity contribution in [1.29, 1.82) is 0 Å². The molecule has 7 aromatic rings. The lowest BCUT2D eigenvalue weighted by Gasteiger charge is -2.14. The molecule has 0 saturated carbocycles. The molecule has 0 atom stereocenters. The van der Waals surface area contributed by atoms with Gasteiger partial charge in [-0.3, -0.25) is 0 Å². The fourth-order valence-corrected chi connectivity index (χ4v) is 7.24. The van der Waals surface area contributed by atoms with Crippen molar-refractivity contribution in [3.8, 4) is 56.7 Å². The summed E-state index contributed by atoms with van der Waals surface area (Å²) in [6.07, 6.45) is 0.952. The smallest absolute Gasteiger partial charge is 0.202 e. The summed E-state index contributed by atoms with van der Waals surface area (Å²) in [5.41, 5.74) is 11.7. The van der Waals surface area contributed by atoms with Gasteiger partial charge in [-0.25, -0.2) is 0 Å². The Kier molecular flexibility index (Phi) is 6.18. The maximum atomic E-state index is 11.3. The summed E-state index contributed by atoms with van der Waals surface area (Å²) in [6.45, 7) is 4.95. The van der Waals surface area contributed by atoms with Gasteiger partial charge in [0.2, 0.25) is 5.75 Å². The van der Waals surface area contributed by atoms with Gasteiger partial charge in [0.15, 0.2) is 11.5 Å². The van der Waals surface area contributed by atoms with Gasteiger partial charge >= 0.3 is 0 Å². The van der Waals surface area contributed by atoms with Crippen molar-refractivity contribution in [1.82, 2.24) is 4.57 Å². The van der Waals surface area contributed by atoms with Crippen LogP contribution >= 0.6 is 0 Å². The fourth-order valence-electron chi connectivity index (χ4n) is 7.24. The molecule has 7 heteroatoms. The number of anilines is 2. The van der Waals surface area contributed by atoms with Crippen LogP contribution in [0, 0.1) is 20.8 Å². The number of aromatic hydroxyl groups is 5. The van der Waals surface area contributed by atoms with E-state index in [2.05, 4.69) is 72.0 Å². The normalized spacial score (nSPS) is 12.1. The van der Waals surface area contributed by atoms with Crippen molar-refractivity contribution in [2.75, 3.05) is 5.32 Å². The van der Waals surface area contributed by atoms with Gasteiger partial charge in [0.25, 0.3) is 0 Å². The molecule has 6 N–H and O–H groups in total. The van der Waals surface area contributed by atoms with E-state index < -0.39 is 17.2 Å². The summed E-state index contributed by atoms with van der Waals surface area (Å²) in [5.74, 6) is -1.87. The third-order valence-corrected chi connectivity index (χ3v) is 9.67. The molecule has 6 aromatic carbocycles. The van der Waals surface area contributed by atoms with E-state index in [4.69, 9.17) is 0 Å². The molecular formula is C40H32N2O5. The fraction of sp³-hybridized carbons (Fsp3) is 0.100. The van der Waals surface area contributed by atoms with E-state index in [1.807, 2.05) is 24.3 Å². The van der Waals surface area contributed by atoms with Gasteiger partial charge in [-0.05, 0) is 97.0 Å². The highest BCUT2D eigenvalue weighted by atomic mass is 16.3. The molecule has 0 radical (unpaired) electrons. The molecule has 8 rings (SSSR count). The van der Waals surface area contributed by atoms with Crippen molar-refractivity contribution in [3.63, 3.8) is 0 Å². The maximum absolute atomic E-state index is 11.3. The number of rotatable bonds is 4. The molecule has 1 aliphatic carbocycles. The highest BCUT2D eigenvalue weighted by Crippen LogP contribution is 2.53. The summed E-state index contributed by atoms with van der Waals surface area (Å²) < 4.78 is 1.65. The van der Waals surface area contributed by atoms with E-state index in [9.17, 15) is 25.5 Å². The van der Waals surface area contributed by atoms with Gasteiger partial charge in [0.1, 0.15) is 17.0 Å². The van der Waals surface area contributed by atoms with Crippen LogP contribution in [0.4, 0.5) is 11.4 Å². The number of fused-ring (bicyclic) bond motifs is 6. The molecule has 0 saturated heterocycles. The number of hydrogen-bond donors (Lipinski definition) is 6. The summed E-state index contributed by atoms with van der Waals surface area (Å²) in [5, 5.41) is 58.7. The van der Waals surface area contributed by atoms with E-state index in [1.54, 1.807) is 25.3 Å². The molecule has 1 aromatic heterocycles. The summed E-state index contributed by atoms with van der Waals surface area (Å²) in [4.78, 5) is 0. The first-order chi connectivity index (χ1) is 22.7. The molecule has 232 valence electrons. The number of benzene rings is 6. The minimum atomic E-state index is -0.649. The van der Waals surface area contributed by atoms with E-state index >= 15 is 0 Å². The first-order valence-corrected chi connectivity index (χ1v) is 15.5. The standard InChI is InChI=1S/C40H32N2O5/c1-20-31-32-21(2)38(45)40(47)39(46)35(32)42(34(31)37(44)22(3)36(20)43)28-17-15-27(16-18-28)41-26-13-11-23(12-14-26)29-10-6-8-25-19-24-7-4-5-9-30(24)33(25)29/h4-18,41,43-47H,19H2,1-3H3. The van der Waals surface area contributed by atoms with Gasteiger partial charge in [0, 0.05) is 44.5 Å². The van der Waals surface area contributed by atoms with Gasteiger partial charge in [-0.2, -0.15) is 0 Å². The summed E-state index contributed by atoms with van der Waals surface area (Å²) in [6, 6.07) is 30.9. The number of aryl methyl sites for hydroxylation is 2. The molecule has 1 heterocycles. The topological polar surface area (TPSA) is 118 Å². The van der Waals surface area contributed by atoms with Gasteiger partial charge in [-0.1, -0.05) is 54.6 Å². The lowest BCUT2D eigenvalue weighted by molar-refractivity contribution is 0.369. The number of nitrogens with one attached hydrogen (secondary N) is 1. The Hall–Kier alpha value is -6.08. The minimum absolute atomic E-state index is 0.0764. The molecule has 0 unspecified atom stereocenters. The molecule has 1 aliphatic rings. The van der Waals surface area contributed by atoms with Crippen molar-refractivity contribution in [2.24, 2.45) is 0 Å². The Morgan fingerprint density at radius 3 is 1.79 bits per heavy atom. The van der Waals surface area contributed by atoms with Crippen LogP contribution in [0.3, 0.4) is 0 Å². The second-order valence-electron chi connectivity index (χ2n) is 12.3. The average Bonchev–Trinajstić information content (AvgIpc) is 3.66. The summed E-state index contributed by atoms with van der Waals surface area (Å²) in [7, 11) is 0. The van der Waals surface area contributed by atoms with Crippen LogP contribution in [0.15, 0.2) is 91.0 Å². The molecule has 47 heavy (non-hydrogen) atoms. The maximum Gasteiger partial charge on any atom is 0.202 e. The van der Waals surface area contributed by atoms with Crippen molar-refractivity contribution < 1.29 is 25.5 Å². The first-order valence-electron chi connectivity index (χ1n) is 15.5. The highest BCUT2D eigenvalue weighted by Gasteiger charge is 2.28. The van der Waals surface area contributed by atoms with E-state index in [1.165, 1.54) is 27.8 Å². The molecule has 0 bridgehead atoms.